The molecule has 0 spiro atoms. The van der Waals surface area contributed by atoms with Crippen LogP contribution in [0, 0.1) is 17.2 Å². The van der Waals surface area contributed by atoms with Crippen molar-refractivity contribution in [2.75, 3.05) is 24.2 Å². The molecule has 2 rings (SSSR count). The van der Waals surface area contributed by atoms with Gasteiger partial charge >= 0.3 is 0 Å². The molecule has 2 N–H and O–H groups in total. The summed E-state index contributed by atoms with van der Waals surface area (Å²) >= 11 is 0. The molecule has 108 valence electrons. The number of sulfonamides is 1. The van der Waals surface area contributed by atoms with E-state index in [4.69, 9.17) is 5.26 Å². The molecule has 7 nitrogen and oxygen atoms in total. The Kier molecular flexibility index (Phi) is 4.87. The van der Waals surface area contributed by atoms with Crippen molar-refractivity contribution in [3.63, 3.8) is 0 Å². The van der Waals surface area contributed by atoms with E-state index < -0.39 is 10.0 Å². The molecule has 0 bridgehead atoms. The molecular formula is C12H17N5O2S. The average molecular weight is 295 g/mol. The van der Waals surface area contributed by atoms with Crippen LogP contribution in [0.15, 0.2) is 12.4 Å². The highest BCUT2D eigenvalue weighted by Crippen LogP contribution is 2.25. The zero-order valence-corrected chi connectivity index (χ0v) is 11.9. The first-order valence-corrected chi connectivity index (χ1v) is 8.18. The van der Waals surface area contributed by atoms with Crippen molar-refractivity contribution in [3.05, 3.63) is 18.1 Å². The van der Waals surface area contributed by atoms with Gasteiger partial charge in [0.15, 0.2) is 11.5 Å². The van der Waals surface area contributed by atoms with Gasteiger partial charge in [-0.15, -0.1) is 0 Å². The summed E-state index contributed by atoms with van der Waals surface area (Å²) in [5.41, 5.74) is 0.160. The number of hydrogen-bond donors (Lipinski definition) is 2. The molecule has 1 heterocycles. The number of nitrogens with zero attached hydrogens (tertiary/aromatic N) is 3. The largest absolute Gasteiger partial charge is 0.367 e. The number of rotatable bonds is 7. The third-order valence-corrected chi connectivity index (χ3v) is 4.63. The van der Waals surface area contributed by atoms with E-state index in [2.05, 4.69) is 20.0 Å². The van der Waals surface area contributed by atoms with E-state index in [1.54, 1.807) is 0 Å². The molecule has 1 aliphatic rings. The summed E-state index contributed by atoms with van der Waals surface area (Å²) < 4.78 is 26.1. The topological polar surface area (TPSA) is 108 Å². The van der Waals surface area contributed by atoms with Gasteiger partial charge in [0.1, 0.15) is 6.07 Å². The Morgan fingerprint density at radius 1 is 1.35 bits per heavy atom. The Bertz CT molecular complexity index is 592. The molecule has 1 saturated carbocycles. The van der Waals surface area contributed by atoms with Crippen LogP contribution in [0.3, 0.4) is 0 Å². The maximum atomic E-state index is 11.8. The number of nitrogens with one attached hydrogen (secondary N) is 2. The minimum atomic E-state index is -3.29. The van der Waals surface area contributed by atoms with Gasteiger partial charge in [0.2, 0.25) is 10.0 Å². The van der Waals surface area contributed by atoms with Crippen LogP contribution in [0.2, 0.25) is 0 Å². The van der Waals surface area contributed by atoms with Crippen LogP contribution in [0.1, 0.15) is 25.0 Å². The lowest BCUT2D eigenvalue weighted by molar-refractivity contribution is 0.316. The third kappa shape index (κ3) is 4.15. The van der Waals surface area contributed by atoms with E-state index in [1.165, 1.54) is 18.8 Å². The molecule has 1 aromatic heterocycles. The fourth-order valence-corrected chi connectivity index (χ4v) is 2.87. The van der Waals surface area contributed by atoms with Gasteiger partial charge < -0.3 is 5.32 Å². The molecule has 1 aromatic rings. The monoisotopic (exact) mass is 295 g/mol. The summed E-state index contributed by atoms with van der Waals surface area (Å²) in [5, 5.41) is 11.7. The molecule has 0 atom stereocenters. The lowest BCUT2D eigenvalue weighted by Crippen LogP contribution is -2.35. The van der Waals surface area contributed by atoms with Crippen LogP contribution in [0.25, 0.3) is 0 Å². The maximum absolute atomic E-state index is 11.8. The van der Waals surface area contributed by atoms with Crippen molar-refractivity contribution >= 4 is 15.8 Å². The van der Waals surface area contributed by atoms with Gasteiger partial charge in [-0.3, -0.25) is 0 Å². The predicted octanol–water partition coefficient (Wildman–Crippen LogP) is 0.480. The highest BCUT2D eigenvalue weighted by Gasteiger charge is 2.20. The first-order chi connectivity index (χ1) is 9.61. The van der Waals surface area contributed by atoms with Crippen LogP contribution >= 0.6 is 0 Å². The summed E-state index contributed by atoms with van der Waals surface area (Å²) in [4.78, 5) is 7.79. The van der Waals surface area contributed by atoms with E-state index in [0.717, 1.165) is 12.8 Å². The predicted molar refractivity (Wildman–Crippen MR) is 74.4 cm³/mol. The average Bonchev–Trinajstić information content (AvgIpc) is 2.37. The van der Waals surface area contributed by atoms with E-state index in [9.17, 15) is 8.42 Å². The van der Waals surface area contributed by atoms with Gasteiger partial charge in [0.05, 0.1) is 5.75 Å². The summed E-state index contributed by atoms with van der Waals surface area (Å²) in [6.07, 6.45) is 6.27. The highest BCUT2D eigenvalue weighted by atomic mass is 32.2. The van der Waals surface area contributed by atoms with Crippen molar-refractivity contribution in [1.29, 1.82) is 5.26 Å². The van der Waals surface area contributed by atoms with E-state index in [1.807, 2.05) is 6.07 Å². The van der Waals surface area contributed by atoms with Crippen LogP contribution in [-0.4, -0.2) is 37.2 Å². The van der Waals surface area contributed by atoms with Crippen LogP contribution in [0.5, 0.6) is 0 Å². The smallest absolute Gasteiger partial charge is 0.213 e. The molecule has 1 fully saturated rings. The summed E-state index contributed by atoms with van der Waals surface area (Å²) in [6.45, 7) is 0.713. The van der Waals surface area contributed by atoms with Crippen molar-refractivity contribution in [3.8, 4) is 6.07 Å². The maximum Gasteiger partial charge on any atom is 0.213 e. The molecule has 8 heteroatoms. The van der Waals surface area contributed by atoms with Gasteiger partial charge in [-0.1, -0.05) is 6.42 Å². The van der Waals surface area contributed by atoms with Crippen molar-refractivity contribution in [2.24, 2.45) is 5.92 Å². The van der Waals surface area contributed by atoms with Crippen molar-refractivity contribution in [1.82, 2.24) is 14.7 Å². The number of aromatic nitrogens is 2. The SMILES string of the molecule is N#Cc1nccnc1NCCS(=O)(=O)NCC1CCC1. The standard InChI is InChI=1S/C12H17N5O2S/c13-8-11-12(15-5-4-14-11)16-6-7-20(18,19)17-9-10-2-1-3-10/h4-5,10,17H,1-3,6-7,9H2,(H,15,16). The fourth-order valence-electron chi connectivity index (χ4n) is 1.87. The minimum absolute atomic E-state index is 0.0544. The highest BCUT2D eigenvalue weighted by molar-refractivity contribution is 7.89. The lowest BCUT2D eigenvalue weighted by atomic mass is 9.86. The van der Waals surface area contributed by atoms with Crippen LogP contribution < -0.4 is 10.0 Å². The molecule has 0 saturated heterocycles. The summed E-state index contributed by atoms with van der Waals surface area (Å²) in [5.74, 6) is 0.744. The molecule has 1 aliphatic carbocycles. The second-order valence-electron chi connectivity index (χ2n) is 4.76. The molecule has 0 unspecified atom stereocenters. The van der Waals surface area contributed by atoms with Gasteiger partial charge in [0, 0.05) is 25.5 Å². The molecule has 0 amide bonds. The Morgan fingerprint density at radius 2 is 2.10 bits per heavy atom. The first kappa shape index (κ1) is 14.7. The quantitative estimate of drug-likeness (QED) is 0.757. The molecular weight excluding hydrogens is 278 g/mol. The Morgan fingerprint density at radius 3 is 2.75 bits per heavy atom. The fraction of sp³-hybridized carbons (Fsp3) is 0.583. The minimum Gasteiger partial charge on any atom is -0.367 e. The Balaban J connectivity index is 1.78. The van der Waals surface area contributed by atoms with Gasteiger partial charge in [-0.25, -0.2) is 23.1 Å². The van der Waals surface area contributed by atoms with Gasteiger partial charge in [-0.2, -0.15) is 5.26 Å². The zero-order chi connectivity index (χ0) is 14.4. The van der Waals surface area contributed by atoms with Crippen molar-refractivity contribution < 1.29 is 8.42 Å². The zero-order valence-electron chi connectivity index (χ0n) is 11.0. The van der Waals surface area contributed by atoms with Crippen molar-refractivity contribution in [2.45, 2.75) is 19.3 Å². The summed E-state index contributed by atoms with van der Waals surface area (Å²) in [7, 11) is -3.29. The second kappa shape index (κ2) is 6.63. The molecule has 20 heavy (non-hydrogen) atoms. The lowest BCUT2D eigenvalue weighted by Gasteiger charge is -2.25. The third-order valence-electron chi connectivity index (χ3n) is 3.28. The van der Waals surface area contributed by atoms with Gasteiger partial charge in [0.25, 0.3) is 0 Å². The van der Waals surface area contributed by atoms with E-state index >= 15 is 0 Å². The Labute approximate surface area is 118 Å². The van der Waals surface area contributed by atoms with E-state index in [0.29, 0.717) is 18.3 Å². The number of nitriles is 1. The molecule has 0 radical (unpaired) electrons. The van der Waals surface area contributed by atoms with Crippen LogP contribution in [0.4, 0.5) is 5.82 Å². The van der Waals surface area contributed by atoms with Crippen LogP contribution in [-0.2, 0) is 10.0 Å². The number of hydrogen-bond acceptors (Lipinski definition) is 6. The van der Waals surface area contributed by atoms with E-state index in [-0.39, 0.29) is 18.0 Å². The molecule has 0 aromatic carbocycles. The normalized spacial score (nSPS) is 15.3. The molecule has 0 aliphatic heterocycles. The van der Waals surface area contributed by atoms with Gasteiger partial charge in [-0.05, 0) is 18.8 Å². The number of anilines is 1. The second-order valence-corrected chi connectivity index (χ2v) is 6.68. The Hall–Kier alpha value is -1.72. The first-order valence-electron chi connectivity index (χ1n) is 6.53. The summed E-state index contributed by atoms with van der Waals surface area (Å²) in [6, 6.07) is 1.90.